The van der Waals surface area contributed by atoms with Crippen LogP contribution in [0.2, 0.25) is 5.02 Å². The molecule has 0 saturated carbocycles. The van der Waals surface area contributed by atoms with E-state index >= 15 is 0 Å². The van der Waals surface area contributed by atoms with Gasteiger partial charge in [-0.1, -0.05) is 29.8 Å². The molecule has 2 heterocycles. The first-order valence-corrected chi connectivity index (χ1v) is 10.7. The average Bonchev–Trinajstić information content (AvgIpc) is 2.73. The summed E-state index contributed by atoms with van der Waals surface area (Å²) >= 11 is 6.05. The Hall–Kier alpha value is -2.31. The number of halogens is 1. The Labute approximate surface area is 179 Å². The molecule has 29 heavy (non-hydrogen) atoms. The van der Waals surface area contributed by atoms with Crippen LogP contribution in [0.25, 0.3) is 0 Å². The van der Waals surface area contributed by atoms with Crippen LogP contribution in [0.5, 0.6) is 0 Å². The second kappa shape index (κ2) is 11.0. The van der Waals surface area contributed by atoms with Gasteiger partial charge in [0.1, 0.15) is 5.82 Å². The van der Waals surface area contributed by atoms with Crippen LogP contribution in [0.3, 0.4) is 0 Å². The molecule has 0 radical (unpaired) electrons. The average molecular weight is 415 g/mol. The minimum Gasteiger partial charge on any atom is -0.357 e. The van der Waals surface area contributed by atoms with E-state index in [1.54, 1.807) is 0 Å². The van der Waals surface area contributed by atoms with Gasteiger partial charge in [-0.05, 0) is 49.7 Å². The summed E-state index contributed by atoms with van der Waals surface area (Å²) in [6, 6.07) is 12.2. The molecule has 3 rings (SSSR count). The molecule has 1 aromatic carbocycles. The number of likely N-dealkylation sites (N-methyl/N-ethyl adjacent to an activating group) is 1. The molecular formula is C22H31ClN6. The first-order valence-electron chi connectivity index (χ1n) is 10.3. The molecular weight excluding hydrogens is 384 g/mol. The van der Waals surface area contributed by atoms with Crippen LogP contribution in [0.15, 0.2) is 47.6 Å². The van der Waals surface area contributed by atoms with Crippen molar-refractivity contribution < 1.29 is 0 Å². The molecule has 1 aliphatic rings. The van der Waals surface area contributed by atoms with Crippen molar-refractivity contribution >= 4 is 23.4 Å². The van der Waals surface area contributed by atoms with Gasteiger partial charge in [-0.2, -0.15) is 0 Å². The smallest absolute Gasteiger partial charge is 0.191 e. The molecule has 2 N–H and O–H groups in total. The van der Waals surface area contributed by atoms with E-state index in [1.807, 2.05) is 24.4 Å². The summed E-state index contributed by atoms with van der Waals surface area (Å²) < 4.78 is 0. The number of benzene rings is 1. The van der Waals surface area contributed by atoms with E-state index in [1.165, 1.54) is 5.56 Å². The van der Waals surface area contributed by atoms with Crippen LogP contribution in [0.1, 0.15) is 18.1 Å². The van der Waals surface area contributed by atoms with Crippen molar-refractivity contribution in [2.45, 2.75) is 19.9 Å². The molecule has 0 aliphatic carbocycles. The standard InChI is InChI=1S/C22H31ClN6/c1-3-24-22(25-10-9-18-5-4-6-20(23)15-18)27-17-19-7-8-21(26-16-19)29-13-11-28(2)12-14-29/h4-8,15-16H,3,9-14,17H2,1-2H3,(H2,24,25,27). The Morgan fingerprint density at radius 3 is 2.62 bits per heavy atom. The van der Waals surface area contributed by atoms with E-state index in [0.717, 1.165) is 68.1 Å². The number of pyridine rings is 1. The Morgan fingerprint density at radius 1 is 1.10 bits per heavy atom. The number of hydrogen-bond donors (Lipinski definition) is 2. The molecule has 1 aliphatic heterocycles. The number of hydrogen-bond acceptors (Lipinski definition) is 4. The normalized spacial score (nSPS) is 15.4. The molecule has 6 nitrogen and oxygen atoms in total. The van der Waals surface area contributed by atoms with E-state index in [2.05, 4.69) is 57.6 Å². The molecule has 1 aromatic heterocycles. The zero-order valence-electron chi connectivity index (χ0n) is 17.4. The monoisotopic (exact) mass is 414 g/mol. The van der Waals surface area contributed by atoms with Crippen molar-refractivity contribution in [3.05, 3.63) is 58.7 Å². The summed E-state index contributed by atoms with van der Waals surface area (Å²) in [6.45, 7) is 8.52. The lowest BCUT2D eigenvalue weighted by Gasteiger charge is -2.33. The Balaban J connectivity index is 1.51. The summed E-state index contributed by atoms with van der Waals surface area (Å²) in [4.78, 5) is 14.0. The third-order valence-electron chi connectivity index (χ3n) is 5.00. The number of guanidine groups is 1. The second-order valence-corrected chi connectivity index (χ2v) is 7.75. The summed E-state index contributed by atoms with van der Waals surface area (Å²) in [5, 5.41) is 7.46. The zero-order chi connectivity index (χ0) is 20.5. The zero-order valence-corrected chi connectivity index (χ0v) is 18.1. The van der Waals surface area contributed by atoms with Gasteiger partial charge in [-0.25, -0.2) is 9.98 Å². The molecule has 0 atom stereocenters. The second-order valence-electron chi connectivity index (χ2n) is 7.32. The molecule has 1 saturated heterocycles. The topological polar surface area (TPSA) is 55.8 Å². The Morgan fingerprint density at radius 2 is 1.93 bits per heavy atom. The van der Waals surface area contributed by atoms with Gasteiger partial charge in [-0.15, -0.1) is 0 Å². The lowest BCUT2D eigenvalue weighted by Crippen LogP contribution is -2.44. The largest absolute Gasteiger partial charge is 0.357 e. The maximum Gasteiger partial charge on any atom is 0.191 e. The number of nitrogens with zero attached hydrogens (tertiary/aromatic N) is 4. The Bertz CT molecular complexity index is 784. The molecule has 156 valence electrons. The van der Waals surface area contributed by atoms with Crippen molar-refractivity contribution in [2.75, 3.05) is 51.2 Å². The van der Waals surface area contributed by atoms with Crippen molar-refractivity contribution in [3.8, 4) is 0 Å². The van der Waals surface area contributed by atoms with E-state index in [-0.39, 0.29) is 0 Å². The number of aliphatic imine (C=N–C) groups is 1. The summed E-state index contributed by atoms with van der Waals surface area (Å²) in [6.07, 6.45) is 2.83. The number of nitrogens with one attached hydrogen (secondary N) is 2. The fourth-order valence-corrected chi connectivity index (χ4v) is 3.48. The van der Waals surface area contributed by atoms with Gasteiger partial charge in [0.05, 0.1) is 6.54 Å². The predicted octanol–water partition coefficient (Wildman–Crippen LogP) is 2.78. The quantitative estimate of drug-likeness (QED) is 0.539. The highest BCUT2D eigenvalue weighted by Crippen LogP contribution is 2.14. The van der Waals surface area contributed by atoms with Crippen LogP contribution in [-0.4, -0.2) is 62.2 Å². The van der Waals surface area contributed by atoms with Crippen LogP contribution in [0.4, 0.5) is 5.82 Å². The molecule has 0 amide bonds. The predicted molar refractivity (Wildman–Crippen MR) is 122 cm³/mol. The first-order chi connectivity index (χ1) is 14.1. The van der Waals surface area contributed by atoms with Crippen molar-refractivity contribution in [1.82, 2.24) is 20.5 Å². The van der Waals surface area contributed by atoms with Gasteiger partial charge >= 0.3 is 0 Å². The summed E-state index contributed by atoms with van der Waals surface area (Å²) in [5.41, 5.74) is 2.32. The summed E-state index contributed by atoms with van der Waals surface area (Å²) in [7, 11) is 2.16. The summed E-state index contributed by atoms with van der Waals surface area (Å²) in [5.74, 6) is 1.87. The van der Waals surface area contributed by atoms with Crippen LogP contribution in [0, 0.1) is 0 Å². The lowest BCUT2D eigenvalue weighted by atomic mass is 10.1. The number of rotatable bonds is 7. The number of aromatic nitrogens is 1. The van der Waals surface area contributed by atoms with Crippen LogP contribution < -0.4 is 15.5 Å². The minimum absolute atomic E-state index is 0.600. The van der Waals surface area contributed by atoms with Gasteiger partial charge in [0.25, 0.3) is 0 Å². The SMILES string of the molecule is CCNC(=NCc1ccc(N2CCN(C)CC2)nc1)NCCc1cccc(Cl)c1. The highest BCUT2D eigenvalue weighted by molar-refractivity contribution is 6.30. The van der Waals surface area contributed by atoms with Gasteiger partial charge in [0.15, 0.2) is 5.96 Å². The minimum atomic E-state index is 0.600. The third-order valence-corrected chi connectivity index (χ3v) is 5.23. The van der Waals surface area contributed by atoms with Gasteiger partial charge in [-0.3, -0.25) is 0 Å². The van der Waals surface area contributed by atoms with E-state index in [4.69, 9.17) is 16.6 Å². The number of piperazine rings is 1. The maximum atomic E-state index is 6.05. The van der Waals surface area contributed by atoms with E-state index < -0.39 is 0 Å². The van der Waals surface area contributed by atoms with E-state index in [0.29, 0.717) is 6.54 Å². The molecule has 7 heteroatoms. The Kier molecular flexibility index (Phi) is 8.14. The maximum absolute atomic E-state index is 6.05. The molecule has 1 fully saturated rings. The van der Waals surface area contributed by atoms with Crippen molar-refractivity contribution in [3.63, 3.8) is 0 Å². The lowest BCUT2D eigenvalue weighted by molar-refractivity contribution is 0.312. The molecule has 0 spiro atoms. The first kappa shape index (κ1) is 21.4. The molecule has 0 unspecified atom stereocenters. The number of anilines is 1. The van der Waals surface area contributed by atoms with Gasteiger partial charge in [0.2, 0.25) is 0 Å². The third kappa shape index (κ3) is 6.91. The van der Waals surface area contributed by atoms with Crippen molar-refractivity contribution in [1.29, 1.82) is 0 Å². The fraction of sp³-hybridized carbons (Fsp3) is 0.455. The molecule has 0 bridgehead atoms. The van der Waals surface area contributed by atoms with Crippen LogP contribution >= 0.6 is 11.6 Å². The van der Waals surface area contributed by atoms with E-state index in [9.17, 15) is 0 Å². The molecule has 2 aromatic rings. The van der Waals surface area contributed by atoms with Gasteiger partial charge in [0, 0.05) is 50.5 Å². The highest BCUT2D eigenvalue weighted by Gasteiger charge is 2.14. The van der Waals surface area contributed by atoms with Crippen molar-refractivity contribution in [2.24, 2.45) is 4.99 Å². The van der Waals surface area contributed by atoms with Crippen LogP contribution in [-0.2, 0) is 13.0 Å². The highest BCUT2D eigenvalue weighted by atomic mass is 35.5. The van der Waals surface area contributed by atoms with Gasteiger partial charge < -0.3 is 20.4 Å². The fourth-order valence-electron chi connectivity index (χ4n) is 3.26.